The Bertz CT molecular complexity index is 508. The summed E-state index contributed by atoms with van der Waals surface area (Å²) >= 11 is 0. The van der Waals surface area contributed by atoms with Crippen LogP contribution in [0.2, 0.25) is 0 Å². The van der Waals surface area contributed by atoms with Crippen molar-refractivity contribution in [1.29, 1.82) is 0 Å². The van der Waals surface area contributed by atoms with Gasteiger partial charge < -0.3 is 10.0 Å². The van der Waals surface area contributed by atoms with Crippen molar-refractivity contribution < 1.29 is 9.90 Å². The monoisotopic (exact) mass is 290 g/mol. The summed E-state index contributed by atoms with van der Waals surface area (Å²) in [5.41, 5.74) is 4.42. The number of hydrogen-bond donors (Lipinski definition) is 1. The van der Waals surface area contributed by atoms with E-state index in [0.29, 0.717) is 6.54 Å². The standard InChI is InChI=1S/C17H26N2O2/c1-4-10-18(11-5-2)15-9-8-13(3)16-14(15)7-6-12-19(16)17(20)21/h8-9H,4-7,10-12H2,1-3H3,(H,20,21). The fourth-order valence-corrected chi connectivity index (χ4v) is 3.27. The second-order valence-corrected chi connectivity index (χ2v) is 5.75. The molecule has 4 heteroatoms. The summed E-state index contributed by atoms with van der Waals surface area (Å²) in [6.45, 7) is 9.04. The molecule has 0 radical (unpaired) electrons. The fraction of sp³-hybridized carbons (Fsp3) is 0.588. The van der Waals surface area contributed by atoms with Gasteiger partial charge in [0, 0.05) is 25.3 Å². The summed E-state index contributed by atoms with van der Waals surface area (Å²) in [6.07, 6.45) is 3.24. The summed E-state index contributed by atoms with van der Waals surface area (Å²) in [4.78, 5) is 15.4. The first kappa shape index (κ1) is 15.7. The maximum Gasteiger partial charge on any atom is 0.411 e. The number of fused-ring (bicyclic) bond motifs is 1. The SMILES string of the molecule is CCCN(CCC)c1ccc(C)c2c1CCCN2C(=O)O. The van der Waals surface area contributed by atoms with Crippen LogP contribution in [0.3, 0.4) is 0 Å². The Kier molecular flexibility index (Phi) is 5.10. The average Bonchev–Trinajstić information content (AvgIpc) is 2.47. The molecule has 0 fully saturated rings. The molecule has 4 nitrogen and oxygen atoms in total. The predicted molar refractivity (Wildman–Crippen MR) is 87.7 cm³/mol. The lowest BCUT2D eigenvalue weighted by Crippen LogP contribution is -2.36. The van der Waals surface area contributed by atoms with Crippen LogP contribution in [0.15, 0.2) is 12.1 Å². The maximum absolute atomic E-state index is 11.5. The molecule has 0 atom stereocenters. The molecule has 0 aromatic heterocycles. The number of carboxylic acid groups (broad SMARTS) is 1. The Morgan fingerprint density at radius 1 is 1.29 bits per heavy atom. The smallest absolute Gasteiger partial charge is 0.411 e. The first-order valence-electron chi connectivity index (χ1n) is 7.98. The van der Waals surface area contributed by atoms with Crippen LogP contribution in [-0.4, -0.2) is 30.8 Å². The highest BCUT2D eigenvalue weighted by Crippen LogP contribution is 2.37. The van der Waals surface area contributed by atoms with Crippen molar-refractivity contribution in [3.8, 4) is 0 Å². The van der Waals surface area contributed by atoms with Crippen LogP contribution in [0.4, 0.5) is 16.2 Å². The van der Waals surface area contributed by atoms with E-state index in [2.05, 4.69) is 30.9 Å². The Hall–Kier alpha value is -1.71. The number of carbonyl (C=O) groups is 1. The first-order valence-corrected chi connectivity index (χ1v) is 7.98. The lowest BCUT2D eigenvalue weighted by molar-refractivity contribution is 0.201. The zero-order chi connectivity index (χ0) is 15.4. The van der Waals surface area contributed by atoms with Gasteiger partial charge in [0.05, 0.1) is 5.69 Å². The Labute approximate surface area is 127 Å². The molecule has 0 aliphatic carbocycles. The summed E-state index contributed by atoms with van der Waals surface area (Å²) < 4.78 is 0. The van der Waals surface area contributed by atoms with Gasteiger partial charge in [-0.05, 0) is 49.8 Å². The third-order valence-electron chi connectivity index (χ3n) is 4.10. The van der Waals surface area contributed by atoms with E-state index >= 15 is 0 Å². The van der Waals surface area contributed by atoms with Crippen molar-refractivity contribution in [2.45, 2.75) is 46.5 Å². The fourth-order valence-electron chi connectivity index (χ4n) is 3.27. The van der Waals surface area contributed by atoms with E-state index in [-0.39, 0.29) is 0 Å². The quantitative estimate of drug-likeness (QED) is 0.889. The molecule has 1 aliphatic heterocycles. The van der Waals surface area contributed by atoms with Crippen molar-refractivity contribution in [2.75, 3.05) is 29.4 Å². The lowest BCUT2D eigenvalue weighted by atomic mass is 9.95. The minimum atomic E-state index is -0.839. The van der Waals surface area contributed by atoms with E-state index in [4.69, 9.17) is 0 Å². The Morgan fingerprint density at radius 2 is 1.95 bits per heavy atom. The van der Waals surface area contributed by atoms with Gasteiger partial charge in [0.2, 0.25) is 0 Å². The van der Waals surface area contributed by atoms with Gasteiger partial charge >= 0.3 is 6.09 Å². The van der Waals surface area contributed by atoms with Crippen molar-refractivity contribution >= 4 is 17.5 Å². The molecular formula is C17H26N2O2. The number of nitrogens with zero attached hydrogens (tertiary/aromatic N) is 2. The van der Waals surface area contributed by atoms with Gasteiger partial charge in [0.1, 0.15) is 0 Å². The Morgan fingerprint density at radius 3 is 2.52 bits per heavy atom. The topological polar surface area (TPSA) is 43.8 Å². The third kappa shape index (κ3) is 3.14. The maximum atomic E-state index is 11.5. The summed E-state index contributed by atoms with van der Waals surface area (Å²) in [5.74, 6) is 0. The zero-order valence-corrected chi connectivity index (χ0v) is 13.4. The molecule has 0 bridgehead atoms. The van der Waals surface area contributed by atoms with Crippen molar-refractivity contribution in [2.24, 2.45) is 0 Å². The van der Waals surface area contributed by atoms with Crippen LogP contribution >= 0.6 is 0 Å². The van der Waals surface area contributed by atoms with Crippen LogP contribution in [-0.2, 0) is 6.42 Å². The van der Waals surface area contributed by atoms with Gasteiger partial charge in [-0.3, -0.25) is 4.90 Å². The summed E-state index contributed by atoms with van der Waals surface area (Å²) in [5, 5.41) is 9.46. The number of anilines is 2. The number of benzene rings is 1. The highest BCUT2D eigenvalue weighted by molar-refractivity contribution is 5.91. The molecule has 0 saturated carbocycles. The number of hydrogen-bond acceptors (Lipinski definition) is 2. The zero-order valence-electron chi connectivity index (χ0n) is 13.4. The normalized spacial score (nSPS) is 14.0. The van der Waals surface area contributed by atoms with Gasteiger partial charge in [0.15, 0.2) is 0 Å². The second-order valence-electron chi connectivity index (χ2n) is 5.75. The molecule has 21 heavy (non-hydrogen) atoms. The van der Waals surface area contributed by atoms with Gasteiger partial charge in [0.25, 0.3) is 0 Å². The van der Waals surface area contributed by atoms with Crippen LogP contribution < -0.4 is 9.80 Å². The van der Waals surface area contributed by atoms with E-state index in [1.54, 1.807) is 0 Å². The van der Waals surface area contributed by atoms with Crippen molar-refractivity contribution in [3.05, 3.63) is 23.3 Å². The lowest BCUT2D eigenvalue weighted by Gasteiger charge is -2.34. The first-order chi connectivity index (χ1) is 10.1. The minimum absolute atomic E-state index is 0.605. The summed E-state index contributed by atoms with van der Waals surface area (Å²) in [6, 6.07) is 4.23. The molecule has 1 heterocycles. The van der Waals surface area contributed by atoms with E-state index < -0.39 is 6.09 Å². The van der Waals surface area contributed by atoms with Crippen molar-refractivity contribution in [1.82, 2.24) is 0 Å². The molecule has 1 aliphatic rings. The van der Waals surface area contributed by atoms with E-state index in [1.165, 1.54) is 16.2 Å². The third-order valence-corrected chi connectivity index (χ3v) is 4.10. The molecule has 0 spiro atoms. The van der Waals surface area contributed by atoms with Crippen LogP contribution in [0.5, 0.6) is 0 Å². The largest absolute Gasteiger partial charge is 0.465 e. The number of aryl methyl sites for hydroxylation is 1. The van der Waals surface area contributed by atoms with E-state index in [0.717, 1.165) is 50.0 Å². The van der Waals surface area contributed by atoms with E-state index in [9.17, 15) is 9.90 Å². The molecule has 116 valence electrons. The Balaban J connectivity index is 2.49. The molecule has 1 aromatic rings. The molecule has 1 amide bonds. The second kappa shape index (κ2) is 6.83. The molecule has 1 N–H and O–H groups in total. The molecule has 1 aromatic carbocycles. The molecule has 0 unspecified atom stereocenters. The minimum Gasteiger partial charge on any atom is -0.465 e. The molecule has 2 rings (SSSR count). The van der Waals surface area contributed by atoms with E-state index in [1.807, 2.05) is 6.92 Å². The highest BCUT2D eigenvalue weighted by atomic mass is 16.4. The van der Waals surface area contributed by atoms with Crippen LogP contribution in [0, 0.1) is 6.92 Å². The average molecular weight is 290 g/mol. The van der Waals surface area contributed by atoms with Crippen LogP contribution in [0.25, 0.3) is 0 Å². The number of rotatable bonds is 5. The molecule has 0 saturated heterocycles. The van der Waals surface area contributed by atoms with Gasteiger partial charge in [-0.25, -0.2) is 4.79 Å². The predicted octanol–water partition coefficient (Wildman–Crippen LogP) is 4.05. The highest BCUT2D eigenvalue weighted by Gasteiger charge is 2.27. The van der Waals surface area contributed by atoms with Gasteiger partial charge in [-0.2, -0.15) is 0 Å². The van der Waals surface area contributed by atoms with Gasteiger partial charge in [-0.15, -0.1) is 0 Å². The van der Waals surface area contributed by atoms with Crippen molar-refractivity contribution in [3.63, 3.8) is 0 Å². The van der Waals surface area contributed by atoms with Crippen LogP contribution in [0.1, 0.15) is 44.2 Å². The van der Waals surface area contributed by atoms with Gasteiger partial charge in [-0.1, -0.05) is 19.9 Å². The number of amides is 1. The molecular weight excluding hydrogens is 264 g/mol. The summed E-state index contributed by atoms with van der Waals surface area (Å²) in [7, 11) is 0.